The standard InChI is InChI=1S/C29H30N4O4/c1-18-11-23(28(31)35)7-8-26(18)24-12-21(13-25(34)14-24)16-33-9-10-37-17-27(33)29(36)32-19(2)22-5-3-20(15-30)4-6-22/h3-8,11-14,19,27,34H,9-10,16-17H2,1-2H3,(H2,31,35)(H,32,36)/t19-,27+/m0/s1. The number of nitrogens with two attached hydrogens (primary N) is 1. The minimum Gasteiger partial charge on any atom is -0.508 e. The Labute approximate surface area is 216 Å². The second kappa shape index (κ2) is 11.2. The van der Waals surface area contributed by atoms with Gasteiger partial charge in [0.05, 0.1) is 30.9 Å². The molecule has 0 aromatic heterocycles. The van der Waals surface area contributed by atoms with Crippen LogP contribution in [0.15, 0.2) is 60.7 Å². The molecule has 0 aliphatic carbocycles. The molecule has 1 fully saturated rings. The minimum absolute atomic E-state index is 0.120. The van der Waals surface area contributed by atoms with E-state index < -0.39 is 11.9 Å². The maximum atomic E-state index is 13.2. The molecule has 2 atom stereocenters. The Balaban J connectivity index is 1.51. The van der Waals surface area contributed by atoms with Crippen LogP contribution in [0.4, 0.5) is 0 Å². The molecule has 2 amide bonds. The van der Waals surface area contributed by atoms with Crippen LogP contribution in [-0.2, 0) is 16.1 Å². The number of hydrogen-bond donors (Lipinski definition) is 3. The number of hydrogen-bond acceptors (Lipinski definition) is 6. The van der Waals surface area contributed by atoms with Gasteiger partial charge in [-0.1, -0.05) is 18.2 Å². The number of carbonyl (C=O) groups excluding carboxylic acids is 2. The number of nitrogens with zero attached hydrogens (tertiary/aromatic N) is 2. The van der Waals surface area contributed by atoms with Crippen molar-refractivity contribution in [3.63, 3.8) is 0 Å². The highest BCUT2D eigenvalue weighted by atomic mass is 16.5. The van der Waals surface area contributed by atoms with Crippen LogP contribution >= 0.6 is 0 Å². The minimum atomic E-state index is -0.489. The van der Waals surface area contributed by atoms with Gasteiger partial charge in [0.15, 0.2) is 0 Å². The second-order valence-electron chi connectivity index (χ2n) is 9.31. The number of ether oxygens (including phenoxy) is 1. The molecule has 8 heteroatoms. The molecule has 0 saturated carbocycles. The summed E-state index contributed by atoms with van der Waals surface area (Å²) in [5.74, 6) is -0.513. The van der Waals surface area contributed by atoms with Crippen molar-refractivity contribution in [2.75, 3.05) is 19.8 Å². The zero-order valence-corrected chi connectivity index (χ0v) is 20.9. The summed E-state index contributed by atoms with van der Waals surface area (Å²) in [6, 6.07) is 19.1. The number of benzene rings is 3. The zero-order valence-electron chi connectivity index (χ0n) is 20.9. The topological polar surface area (TPSA) is 129 Å². The number of nitriles is 1. The summed E-state index contributed by atoms with van der Waals surface area (Å²) in [5, 5.41) is 22.5. The van der Waals surface area contributed by atoms with Gasteiger partial charge >= 0.3 is 0 Å². The van der Waals surface area contributed by atoms with Crippen molar-refractivity contribution in [1.82, 2.24) is 10.2 Å². The fraction of sp³-hybridized carbons (Fsp3) is 0.276. The van der Waals surface area contributed by atoms with E-state index in [9.17, 15) is 14.7 Å². The highest BCUT2D eigenvalue weighted by molar-refractivity contribution is 5.93. The molecule has 0 spiro atoms. The number of rotatable bonds is 7. The predicted molar refractivity (Wildman–Crippen MR) is 140 cm³/mol. The molecule has 3 aromatic rings. The molecule has 1 aliphatic heterocycles. The third kappa shape index (κ3) is 6.15. The molecule has 8 nitrogen and oxygen atoms in total. The van der Waals surface area contributed by atoms with Crippen LogP contribution in [0.5, 0.6) is 5.75 Å². The fourth-order valence-corrected chi connectivity index (χ4v) is 4.60. The zero-order chi connectivity index (χ0) is 26.5. The van der Waals surface area contributed by atoms with E-state index in [-0.39, 0.29) is 24.3 Å². The average Bonchev–Trinajstić information content (AvgIpc) is 2.88. The molecule has 3 aromatic carbocycles. The SMILES string of the molecule is Cc1cc(C(N)=O)ccc1-c1cc(O)cc(CN2CCOC[C@@H]2C(=O)N[C@@H](C)c2ccc(C#N)cc2)c1. The molecular formula is C29H30N4O4. The molecule has 1 heterocycles. The lowest BCUT2D eigenvalue weighted by molar-refractivity contribution is -0.133. The molecule has 0 radical (unpaired) electrons. The lowest BCUT2D eigenvalue weighted by Gasteiger charge is -2.35. The molecule has 1 saturated heterocycles. The summed E-state index contributed by atoms with van der Waals surface area (Å²) in [5.41, 5.74) is 10.7. The van der Waals surface area contributed by atoms with Crippen molar-refractivity contribution < 1.29 is 19.4 Å². The first-order valence-corrected chi connectivity index (χ1v) is 12.1. The summed E-state index contributed by atoms with van der Waals surface area (Å²) in [7, 11) is 0. The summed E-state index contributed by atoms with van der Waals surface area (Å²) < 4.78 is 5.63. The molecule has 190 valence electrons. The summed E-state index contributed by atoms with van der Waals surface area (Å²) in [6.07, 6.45) is 0. The van der Waals surface area contributed by atoms with Crippen molar-refractivity contribution in [3.05, 3.63) is 88.5 Å². The summed E-state index contributed by atoms with van der Waals surface area (Å²) >= 11 is 0. The summed E-state index contributed by atoms with van der Waals surface area (Å²) in [4.78, 5) is 26.8. The van der Waals surface area contributed by atoms with Crippen molar-refractivity contribution in [2.24, 2.45) is 5.73 Å². The Morgan fingerprint density at radius 1 is 1.19 bits per heavy atom. The van der Waals surface area contributed by atoms with Gasteiger partial charge in [-0.25, -0.2) is 0 Å². The van der Waals surface area contributed by atoms with E-state index >= 15 is 0 Å². The lowest BCUT2D eigenvalue weighted by Crippen LogP contribution is -2.53. The number of phenolic OH excluding ortho intramolecular Hbond substituents is 1. The highest BCUT2D eigenvalue weighted by Crippen LogP contribution is 2.30. The maximum absolute atomic E-state index is 13.2. The Kier molecular flexibility index (Phi) is 7.87. The fourth-order valence-electron chi connectivity index (χ4n) is 4.60. The number of amides is 2. The van der Waals surface area contributed by atoms with Crippen LogP contribution in [0.1, 0.15) is 45.6 Å². The normalized spacial score (nSPS) is 16.5. The van der Waals surface area contributed by atoms with Gasteiger partial charge in [0.25, 0.3) is 0 Å². The Morgan fingerprint density at radius 2 is 1.95 bits per heavy atom. The Bertz CT molecular complexity index is 1350. The molecule has 37 heavy (non-hydrogen) atoms. The van der Waals surface area contributed by atoms with Gasteiger partial charge in [0.1, 0.15) is 11.8 Å². The van der Waals surface area contributed by atoms with Gasteiger partial charge in [0.2, 0.25) is 11.8 Å². The number of morpholine rings is 1. The van der Waals surface area contributed by atoms with Gasteiger partial charge < -0.3 is 20.9 Å². The largest absolute Gasteiger partial charge is 0.508 e. The van der Waals surface area contributed by atoms with Crippen LogP contribution < -0.4 is 11.1 Å². The van der Waals surface area contributed by atoms with Gasteiger partial charge in [-0.3, -0.25) is 14.5 Å². The summed E-state index contributed by atoms with van der Waals surface area (Å²) in [6.45, 7) is 5.59. The molecule has 0 unspecified atom stereocenters. The van der Waals surface area contributed by atoms with E-state index in [1.54, 1.807) is 36.4 Å². The molecule has 1 aliphatic rings. The Morgan fingerprint density at radius 3 is 2.62 bits per heavy atom. The van der Waals surface area contributed by atoms with Crippen LogP contribution in [0.3, 0.4) is 0 Å². The lowest BCUT2D eigenvalue weighted by atomic mass is 9.96. The predicted octanol–water partition coefficient (Wildman–Crippen LogP) is 3.42. The number of aromatic hydroxyl groups is 1. The smallest absolute Gasteiger partial charge is 0.248 e. The first kappa shape index (κ1) is 25.9. The van der Waals surface area contributed by atoms with E-state index in [0.717, 1.165) is 27.8 Å². The van der Waals surface area contributed by atoms with E-state index in [4.69, 9.17) is 15.7 Å². The first-order chi connectivity index (χ1) is 17.7. The monoisotopic (exact) mass is 498 g/mol. The van der Waals surface area contributed by atoms with Crippen molar-refractivity contribution in [3.8, 4) is 22.9 Å². The van der Waals surface area contributed by atoms with Crippen molar-refractivity contribution >= 4 is 11.8 Å². The molecule has 0 bridgehead atoms. The van der Waals surface area contributed by atoms with Crippen molar-refractivity contribution in [2.45, 2.75) is 32.5 Å². The maximum Gasteiger partial charge on any atom is 0.248 e. The van der Waals surface area contributed by atoms with E-state index in [1.165, 1.54) is 0 Å². The first-order valence-electron chi connectivity index (χ1n) is 12.1. The van der Waals surface area contributed by atoms with Gasteiger partial charge in [-0.15, -0.1) is 0 Å². The molecular weight excluding hydrogens is 468 g/mol. The van der Waals surface area contributed by atoms with E-state index in [2.05, 4.69) is 11.4 Å². The number of carbonyl (C=O) groups is 2. The Hall–Kier alpha value is -4.19. The highest BCUT2D eigenvalue weighted by Gasteiger charge is 2.30. The van der Waals surface area contributed by atoms with Crippen LogP contribution in [0.25, 0.3) is 11.1 Å². The number of aryl methyl sites for hydroxylation is 1. The van der Waals surface area contributed by atoms with Gasteiger partial charge in [-0.05, 0) is 84.1 Å². The van der Waals surface area contributed by atoms with Crippen LogP contribution in [0, 0.1) is 18.3 Å². The average molecular weight is 499 g/mol. The van der Waals surface area contributed by atoms with Crippen LogP contribution in [0.2, 0.25) is 0 Å². The van der Waals surface area contributed by atoms with E-state index in [0.29, 0.717) is 30.8 Å². The second-order valence-corrected chi connectivity index (χ2v) is 9.31. The third-order valence-electron chi connectivity index (χ3n) is 6.63. The third-order valence-corrected chi connectivity index (χ3v) is 6.63. The quantitative estimate of drug-likeness (QED) is 0.458. The van der Waals surface area contributed by atoms with Crippen molar-refractivity contribution in [1.29, 1.82) is 5.26 Å². The van der Waals surface area contributed by atoms with Crippen LogP contribution in [-0.4, -0.2) is 47.6 Å². The number of primary amides is 1. The van der Waals surface area contributed by atoms with Gasteiger partial charge in [-0.2, -0.15) is 5.26 Å². The molecule has 4 N–H and O–H groups in total. The van der Waals surface area contributed by atoms with E-state index in [1.807, 2.05) is 43.0 Å². The number of nitrogens with one attached hydrogen (secondary N) is 1. The number of phenols is 1. The molecule has 4 rings (SSSR count). The van der Waals surface area contributed by atoms with Gasteiger partial charge in [0, 0.05) is 18.7 Å².